The molecule has 5 nitrogen and oxygen atoms in total. The van der Waals surface area contributed by atoms with Crippen molar-refractivity contribution in [2.45, 2.75) is 27.7 Å². The third-order valence-corrected chi connectivity index (χ3v) is 5.81. The molecule has 0 radical (unpaired) electrons. The molecule has 4 aromatic rings. The monoisotopic (exact) mass is 492 g/mol. The van der Waals surface area contributed by atoms with E-state index in [4.69, 9.17) is 14.5 Å². The first-order chi connectivity index (χ1) is 18.0. The van der Waals surface area contributed by atoms with Crippen LogP contribution in [0.5, 0.6) is 11.5 Å². The van der Waals surface area contributed by atoms with Gasteiger partial charge in [0.15, 0.2) is 0 Å². The van der Waals surface area contributed by atoms with Crippen LogP contribution in [-0.4, -0.2) is 25.0 Å². The molecule has 0 N–H and O–H groups in total. The van der Waals surface area contributed by atoms with Gasteiger partial charge in [-0.25, -0.2) is 4.99 Å². The summed E-state index contributed by atoms with van der Waals surface area (Å²) in [6.07, 6.45) is 0. The van der Waals surface area contributed by atoms with E-state index < -0.39 is 0 Å². The van der Waals surface area contributed by atoms with Crippen LogP contribution in [0.15, 0.2) is 102 Å². The molecule has 0 aromatic heterocycles. The zero-order chi connectivity index (χ0) is 26.2. The summed E-state index contributed by atoms with van der Waals surface area (Å²) in [6, 6.07) is 30.7. The molecule has 4 aromatic carbocycles. The first kappa shape index (κ1) is 25.7. The SMILES string of the molecule is CCOc1ccc(N=C(c2ccc(C)cc2)N(C(=O)c2ccc(C)cc2)c2ccc(OCC)cc2)cc1. The van der Waals surface area contributed by atoms with Gasteiger partial charge in [0.25, 0.3) is 5.91 Å². The molecule has 0 atom stereocenters. The highest BCUT2D eigenvalue weighted by molar-refractivity contribution is 6.28. The Morgan fingerprint density at radius 2 is 1.11 bits per heavy atom. The van der Waals surface area contributed by atoms with Crippen molar-refractivity contribution in [3.05, 3.63) is 119 Å². The number of amides is 1. The minimum Gasteiger partial charge on any atom is -0.494 e. The van der Waals surface area contributed by atoms with Gasteiger partial charge in [-0.1, -0.05) is 47.5 Å². The molecule has 0 unspecified atom stereocenters. The van der Waals surface area contributed by atoms with Crippen LogP contribution in [0.2, 0.25) is 0 Å². The van der Waals surface area contributed by atoms with Crippen molar-refractivity contribution in [2.24, 2.45) is 4.99 Å². The summed E-state index contributed by atoms with van der Waals surface area (Å²) < 4.78 is 11.2. The summed E-state index contributed by atoms with van der Waals surface area (Å²) in [5, 5.41) is 0. The molecule has 5 heteroatoms. The number of rotatable bonds is 8. The Bertz CT molecular complexity index is 1340. The maximum atomic E-state index is 14.1. The predicted molar refractivity (Wildman–Crippen MR) is 151 cm³/mol. The van der Waals surface area contributed by atoms with E-state index in [0.29, 0.717) is 36.0 Å². The van der Waals surface area contributed by atoms with Gasteiger partial charge in [-0.2, -0.15) is 0 Å². The molecule has 0 spiro atoms. The van der Waals surface area contributed by atoms with E-state index in [2.05, 4.69) is 0 Å². The normalized spacial score (nSPS) is 11.2. The van der Waals surface area contributed by atoms with Crippen LogP contribution in [0.3, 0.4) is 0 Å². The molecular formula is C32H32N2O3. The lowest BCUT2D eigenvalue weighted by Gasteiger charge is -2.25. The summed E-state index contributed by atoms with van der Waals surface area (Å²) >= 11 is 0. The Kier molecular flexibility index (Phi) is 8.37. The van der Waals surface area contributed by atoms with Crippen molar-refractivity contribution < 1.29 is 14.3 Å². The van der Waals surface area contributed by atoms with Gasteiger partial charge >= 0.3 is 0 Å². The molecule has 0 aliphatic carbocycles. The smallest absolute Gasteiger partial charge is 0.264 e. The molecule has 0 aliphatic rings. The number of carbonyl (C=O) groups excluding carboxylic acids is 1. The Hall–Kier alpha value is -4.38. The highest BCUT2D eigenvalue weighted by atomic mass is 16.5. The fourth-order valence-corrected chi connectivity index (χ4v) is 3.87. The lowest BCUT2D eigenvalue weighted by Crippen LogP contribution is -2.37. The number of hydrogen-bond donors (Lipinski definition) is 0. The molecule has 0 heterocycles. The number of amidine groups is 1. The van der Waals surface area contributed by atoms with E-state index in [1.807, 2.05) is 125 Å². The Balaban J connectivity index is 1.88. The number of aryl methyl sites for hydroxylation is 2. The number of anilines is 1. The molecule has 4 rings (SSSR count). The third-order valence-electron chi connectivity index (χ3n) is 5.81. The van der Waals surface area contributed by atoms with Crippen molar-refractivity contribution >= 4 is 23.1 Å². The number of ether oxygens (including phenoxy) is 2. The van der Waals surface area contributed by atoms with Crippen molar-refractivity contribution in [2.75, 3.05) is 18.1 Å². The number of nitrogens with zero attached hydrogens (tertiary/aromatic N) is 2. The van der Waals surface area contributed by atoms with Crippen LogP contribution < -0.4 is 14.4 Å². The minimum absolute atomic E-state index is 0.172. The van der Waals surface area contributed by atoms with Crippen LogP contribution in [-0.2, 0) is 0 Å². The maximum absolute atomic E-state index is 14.1. The highest BCUT2D eigenvalue weighted by Crippen LogP contribution is 2.27. The second-order valence-corrected chi connectivity index (χ2v) is 8.66. The van der Waals surface area contributed by atoms with E-state index >= 15 is 0 Å². The quantitative estimate of drug-likeness (QED) is 0.189. The van der Waals surface area contributed by atoms with Crippen molar-refractivity contribution in [1.29, 1.82) is 0 Å². The average Bonchev–Trinajstić information content (AvgIpc) is 2.91. The summed E-state index contributed by atoms with van der Waals surface area (Å²) in [4.78, 5) is 20.7. The van der Waals surface area contributed by atoms with Gasteiger partial charge in [0.2, 0.25) is 0 Å². The topological polar surface area (TPSA) is 51.1 Å². The van der Waals surface area contributed by atoms with Gasteiger partial charge in [-0.3, -0.25) is 9.69 Å². The molecule has 0 bridgehead atoms. The van der Waals surface area contributed by atoms with Gasteiger partial charge in [0.05, 0.1) is 24.6 Å². The minimum atomic E-state index is -0.172. The molecule has 0 saturated heterocycles. The van der Waals surface area contributed by atoms with E-state index in [-0.39, 0.29) is 5.91 Å². The molecular weight excluding hydrogens is 460 g/mol. The van der Waals surface area contributed by atoms with Gasteiger partial charge in [0, 0.05) is 11.1 Å². The lowest BCUT2D eigenvalue weighted by atomic mass is 10.1. The lowest BCUT2D eigenvalue weighted by molar-refractivity contribution is 0.100. The second-order valence-electron chi connectivity index (χ2n) is 8.66. The van der Waals surface area contributed by atoms with E-state index in [0.717, 1.165) is 28.2 Å². The second kappa shape index (κ2) is 12.0. The van der Waals surface area contributed by atoms with Gasteiger partial charge in [-0.05, 0) is 88.4 Å². The molecule has 37 heavy (non-hydrogen) atoms. The molecule has 1 amide bonds. The van der Waals surface area contributed by atoms with Crippen LogP contribution >= 0.6 is 0 Å². The van der Waals surface area contributed by atoms with Crippen LogP contribution in [0.25, 0.3) is 0 Å². The molecule has 0 fully saturated rings. The van der Waals surface area contributed by atoms with Crippen LogP contribution in [0.4, 0.5) is 11.4 Å². The number of hydrogen-bond acceptors (Lipinski definition) is 4. The fraction of sp³-hybridized carbons (Fsp3) is 0.188. The fourth-order valence-electron chi connectivity index (χ4n) is 3.87. The van der Waals surface area contributed by atoms with Gasteiger partial charge < -0.3 is 9.47 Å². The maximum Gasteiger partial charge on any atom is 0.264 e. The summed E-state index contributed by atoms with van der Waals surface area (Å²) in [5.41, 5.74) is 5.03. The molecule has 0 aliphatic heterocycles. The van der Waals surface area contributed by atoms with Crippen LogP contribution in [0.1, 0.15) is 40.9 Å². The average molecular weight is 493 g/mol. The summed E-state index contributed by atoms with van der Waals surface area (Å²) in [6.45, 7) is 9.10. The third kappa shape index (κ3) is 6.44. The zero-order valence-electron chi connectivity index (χ0n) is 21.8. The molecule has 188 valence electrons. The van der Waals surface area contributed by atoms with Crippen LogP contribution in [0, 0.1) is 13.8 Å². The largest absolute Gasteiger partial charge is 0.494 e. The Morgan fingerprint density at radius 3 is 1.59 bits per heavy atom. The van der Waals surface area contributed by atoms with E-state index in [9.17, 15) is 4.79 Å². The summed E-state index contributed by atoms with van der Waals surface area (Å²) in [5.74, 6) is 1.88. The Labute approximate surface area is 219 Å². The predicted octanol–water partition coefficient (Wildman–Crippen LogP) is 7.53. The van der Waals surface area contributed by atoms with Gasteiger partial charge in [-0.15, -0.1) is 0 Å². The first-order valence-corrected chi connectivity index (χ1v) is 12.5. The number of carbonyl (C=O) groups is 1. The van der Waals surface area contributed by atoms with Gasteiger partial charge in [0.1, 0.15) is 17.3 Å². The number of aliphatic imine (C=N–C) groups is 1. The van der Waals surface area contributed by atoms with E-state index in [1.165, 1.54) is 0 Å². The number of benzene rings is 4. The molecule has 0 saturated carbocycles. The van der Waals surface area contributed by atoms with Crippen molar-refractivity contribution in [3.8, 4) is 11.5 Å². The summed E-state index contributed by atoms with van der Waals surface area (Å²) in [7, 11) is 0. The standard InChI is InChI=1S/C32H32N2O3/c1-5-36-29-19-15-27(16-20-29)33-31(25-11-7-23(3)8-12-25)34(28-17-21-30(22-18-28)37-6-2)32(35)26-13-9-24(4)10-14-26/h7-22H,5-6H2,1-4H3. The van der Waals surface area contributed by atoms with Crippen molar-refractivity contribution in [1.82, 2.24) is 0 Å². The van der Waals surface area contributed by atoms with E-state index in [1.54, 1.807) is 4.90 Å². The first-order valence-electron chi connectivity index (χ1n) is 12.5. The Morgan fingerprint density at radius 1 is 0.649 bits per heavy atom. The zero-order valence-corrected chi connectivity index (χ0v) is 21.8. The highest BCUT2D eigenvalue weighted by Gasteiger charge is 2.25. The van der Waals surface area contributed by atoms with Crippen molar-refractivity contribution in [3.63, 3.8) is 0 Å².